The maximum atomic E-state index is 9.31. The van der Waals surface area contributed by atoms with E-state index in [0.717, 1.165) is 63.1 Å². The Morgan fingerprint density at radius 2 is 2.09 bits per heavy atom. The highest BCUT2D eigenvalue weighted by Gasteiger charge is 2.54. The van der Waals surface area contributed by atoms with Gasteiger partial charge >= 0.3 is 0 Å². The lowest BCUT2D eigenvalue weighted by Crippen LogP contribution is -2.43. The highest BCUT2D eigenvalue weighted by atomic mass is 35.5. The number of hydrogen-bond acceptors (Lipinski definition) is 8. The summed E-state index contributed by atoms with van der Waals surface area (Å²) < 4.78 is 5.26. The van der Waals surface area contributed by atoms with Gasteiger partial charge in [0.2, 0.25) is 0 Å². The first-order chi connectivity index (χ1) is 16.5. The zero-order chi connectivity index (χ0) is 23.8. The number of rotatable bonds is 9. The molecule has 0 radical (unpaired) electrons. The third kappa shape index (κ3) is 4.83. The van der Waals surface area contributed by atoms with Crippen LogP contribution in [0.25, 0.3) is 11.4 Å². The quantitative estimate of drug-likeness (QED) is 0.518. The van der Waals surface area contributed by atoms with Crippen molar-refractivity contribution in [3.05, 3.63) is 29.5 Å². The van der Waals surface area contributed by atoms with E-state index in [2.05, 4.69) is 43.5 Å². The molecule has 0 aromatic carbocycles. The van der Waals surface area contributed by atoms with Crippen molar-refractivity contribution in [2.75, 3.05) is 37.0 Å². The van der Waals surface area contributed by atoms with Crippen LogP contribution in [0.1, 0.15) is 45.4 Å². The zero-order valence-corrected chi connectivity index (χ0v) is 20.6. The van der Waals surface area contributed by atoms with E-state index in [1.807, 2.05) is 12.1 Å². The Morgan fingerprint density at radius 3 is 2.79 bits per heavy atom. The van der Waals surface area contributed by atoms with Gasteiger partial charge in [0.1, 0.15) is 11.6 Å². The lowest BCUT2D eigenvalue weighted by molar-refractivity contribution is 0.160. The number of anilines is 2. The smallest absolute Gasteiger partial charge is 0.163 e. The van der Waals surface area contributed by atoms with Gasteiger partial charge in [-0.05, 0) is 57.6 Å². The third-order valence-corrected chi connectivity index (χ3v) is 7.79. The van der Waals surface area contributed by atoms with Crippen LogP contribution in [0.4, 0.5) is 11.6 Å². The van der Waals surface area contributed by atoms with Crippen molar-refractivity contribution >= 4 is 23.2 Å². The molecule has 0 amide bonds. The van der Waals surface area contributed by atoms with Crippen molar-refractivity contribution < 1.29 is 4.74 Å². The van der Waals surface area contributed by atoms with E-state index in [1.54, 1.807) is 19.5 Å². The van der Waals surface area contributed by atoms with Gasteiger partial charge in [-0.2, -0.15) is 5.26 Å². The molecule has 180 valence electrons. The molecule has 1 spiro atoms. The molecule has 8 nitrogen and oxygen atoms in total. The zero-order valence-electron chi connectivity index (χ0n) is 19.9. The first kappa shape index (κ1) is 23.3. The fourth-order valence-corrected chi connectivity index (χ4v) is 5.29. The van der Waals surface area contributed by atoms with E-state index >= 15 is 0 Å². The van der Waals surface area contributed by atoms with Crippen LogP contribution < -0.4 is 15.5 Å². The molecule has 1 unspecified atom stereocenters. The van der Waals surface area contributed by atoms with Crippen LogP contribution in [0.5, 0.6) is 0 Å². The summed E-state index contributed by atoms with van der Waals surface area (Å²) in [7, 11) is 1.75. The van der Waals surface area contributed by atoms with E-state index < -0.39 is 0 Å². The molecule has 9 heteroatoms. The number of methoxy groups -OCH3 is 1. The Morgan fingerprint density at radius 1 is 1.29 bits per heavy atom. The van der Waals surface area contributed by atoms with E-state index in [-0.39, 0.29) is 11.0 Å². The van der Waals surface area contributed by atoms with E-state index in [0.29, 0.717) is 35.3 Å². The second-order valence-electron chi connectivity index (χ2n) is 10.1. The third-order valence-electron chi connectivity index (χ3n) is 7.49. The van der Waals surface area contributed by atoms with Crippen LogP contribution in [-0.4, -0.2) is 59.4 Å². The van der Waals surface area contributed by atoms with Gasteiger partial charge in [0.15, 0.2) is 5.82 Å². The number of halogens is 1. The Balaban J connectivity index is 1.25. The fraction of sp³-hybridized carbons (Fsp3) is 0.600. The molecule has 1 aliphatic heterocycles. The molecule has 1 saturated heterocycles. The standard InChI is InChI=1S/C25H32ClN7O/c1-17(13-34-2)31-18-3-6-25(7-4-18)16-33(25)22-11-19(20(26)12-29-22)23-28-10-5-21(32-23)30-15-24(14-27)8-9-24/h5,10-12,17-18,31H,3-4,6-9,13,15-16H2,1-2H3,(H,28,30,32). The van der Waals surface area contributed by atoms with Crippen molar-refractivity contribution in [2.45, 2.75) is 63.1 Å². The minimum atomic E-state index is -0.240. The van der Waals surface area contributed by atoms with E-state index in [9.17, 15) is 5.26 Å². The number of hydrogen-bond donors (Lipinski definition) is 2. The average molecular weight is 482 g/mol. The lowest BCUT2D eigenvalue weighted by atomic mass is 9.85. The molecular weight excluding hydrogens is 450 g/mol. The normalized spacial score (nSPS) is 25.6. The highest BCUT2D eigenvalue weighted by Crippen LogP contribution is 2.48. The molecule has 5 rings (SSSR count). The molecule has 1 atom stereocenters. The number of nitrogens with one attached hydrogen (secondary N) is 2. The molecule has 3 heterocycles. The summed E-state index contributed by atoms with van der Waals surface area (Å²) in [6.07, 6.45) is 9.93. The molecule has 2 aromatic rings. The Hall–Kier alpha value is -2.47. The van der Waals surface area contributed by atoms with Gasteiger partial charge in [-0.1, -0.05) is 11.6 Å². The number of aromatic nitrogens is 3. The van der Waals surface area contributed by atoms with Crippen LogP contribution in [0.15, 0.2) is 24.5 Å². The summed E-state index contributed by atoms with van der Waals surface area (Å²) in [5.74, 6) is 2.20. The van der Waals surface area contributed by atoms with Crippen molar-refractivity contribution in [2.24, 2.45) is 5.41 Å². The summed E-state index contributed by atoms with van der Waals surface area (Å²) in [6, 6.07) is 7.16. The van der Waals surface area contributed by atoms with E-state index in [4.69, 9.17) is 16.3 Å². The van der Waals surface area contributed by atoms with E-state index in [1.165, 1.54) is 0 Å². The molecular formula is C25H32ClN7O. The monoisotopic (exact) mass is 481 g/mol. The molecule has 0 bridgehead atoms. The summed E-state index contributed by atoms with van der Waals surface area (Å²) in [6.45, 7) is 4.55. The van der Waals surface area contributed by atoms with Gasteiger partial charge in [0, 0.05) is 50.2 Å². The molecule has 2 saturated carbocycles. The summed E-state index contributed by atoms with van der Waals surface area (Å²) in [5, 5.41) is 16.8. The van der Waals surface area contributed by atoms with Crippen molar-refractivity contribution in [3.8, 4) is 17.5 Å². The molecule has 34 heavy (non-hydrogen) atoms. The predicted octanol–water partition coefficient (Wildman–Crippen LogP) is 4.03. The molecule has 3 fully saturated rings. The summed E-state index contributed by atoms with van der Waals surface area (Å²) >= 11 is 6.52. The van der Waals surface area contributed by atoms with Crippen LogP contribution in [-0.2, 0) is 4.74 Å². The Labute approximate surface area is 206 Å². The Kier molecular flexibility index (Phi) is 6.36. The molecule has 2 aromatic heterocycles. The fourth-order valence-electron chi connectivity index (χ4n) is 5.11. The van der Waals surface area contributed by atoms with Gasteiger partial charge < -0.3 is 20.3 Å². The van der Waals surface area contributed by atoms with Crippen LogP contribution in [0.2, 0.25) is 5.02 Å². The predicted molar refractivity (Wildman–Crippen MR) is 133 cm³/mol. The van der Waals surface area contributed by atoms with Gasteiger partial charge in [-0.25, -0.2) is 15.0 Å². The first-order valence-corrected chi connectivity index (χ1v) is 12.5. The van der Waals surface area contributed by atoms with Gasteiger partial charge in [-0.3, -0.25) is 0 Å². The largest absolute Gasteiger partial charge is 0.383 e. The lowest BCUT2D eigenvalue weighted by Gasteiger charge is -2.31. The minimum Gasteiger partial charge on any atom is -0.383 e. The second kappa shape index (κ2) is 9.29. The number of nitriles is 1. The SMILES string of the molecule is COCC(C)NC1CCC2(CC1)CN2c1cc(-c2nccc(NCC3(C#N)CC3)n2)c(Cl)cn1. The molecule has 2 N–H and O–H groups in total. The van der Waals surface area contributed by atoms with Crippen LogP contribution in [0.3, 0.4) is 0 Å². The van der Waals surface area contributed by atoms with Crippen LogP contribution in [0, 0.1) is 16.7 Å². The second-order valence-corrected chi connectivity index (χ2v) is 10.5. The number of ether oxygens (including phenoxy) is 1. The van der Waals surface area contributed by atoms with Crippen molar-refractivity contribution in [1.82, 2.24) is 20.3 Å². The number of pyridine rings is 1. The number of nitrogens with zero attached hydrogens (tertiary/aromatic N) is 5. The molecule has 2 aliphatic carbocycles. The van der Waals surface area contributed by atoms with Crippen molar-refractivity contribution in [1.29, 1.82) is 5.26 Å². The van der Waals surface area contributed by atoms with Gasteiger partial charge in [-0.15, -0.1) is 0 Å². The van der Waals surface area contributed by atoms with Crippen molar-refractivity contribution in [3.63, 3.8) is 0 Å². The maximum Gasteiger partial charge on any atom is 0.163 e. The topological polar surface area (TPSA) is 98.8 Å². The highest BCUT2D eigenvalue weighted by molar-refractivity contribution is 6.33. The summed E-state index contributed by atoms with van der Waals surface area (Å²) in [5.41, 5.74) is 0.750. The summed E-state index contributed by atoms with van der Waals surface area (Å²) in [4.78, 5) is 16.2. The first-order valence-electron chi connectivity index (χ1n) is 12.1. The Bertz CT molecular complexity index is 1080. The average Bonchev–Trinajstić information content (AvgIpc) is 3.77. The van der Waals surface area contributed by atoms with Crippen LogP contribution >= 0.6 is 11.6 Å². The minimum absolute atomic E-state index is 0.209. The van der Waals surface area contributed by atoms with Gasteiger partial charge in [0.25, 0.3) is 0 Å². The maximum absolute atomic E-state index is 9.31. The van der Waals surface area contributed by atoms with Gasteiger partial charge in [0.05, 0.1) is 28.7 Å². The molecule has 3 aliphatic rings.